The maximum absolute atomic E-state index is 11.9. The van der Waals surface area contributed by atoms with Crippen molar-refractivity contribution in [2.45, 2.75) is 19.3 Å². The standard InChI is InChI=1S/C16H18N2O2S/c1-12-4-5-13(9-19)7-15(12)18-16(20)11-21-10-14-3-2-6-17-8-14/h2-8,19H,9-11H2,1H3,(H,18,20). The molecule has 0 saturated carbocycles. The quantitative estimate of drug-likeness (QED) is 0.861. The van der Waals surface area contributed by atoms with Crippen molar-refractivity contribution in [2.75, 3.05) is 11.1 Å². The average molecular weight is 302 g/mol. The Kier molecular flexibility index (Phi) is 5.78. The van der Waals surface area contributed by atoms with E-state index in [0.717, 1.165) is 28.1 Å². The van der Waals surface area contributed by atoms with E-state index in [1.54, 1.807) is 30.2 Å². The Bertz CT molecular complexity index is 602. The van der Waals surface area contributed by atoms with Crippen LogP contribution in [-0.2, 0) is 17.2 Å². The number of carbonyl (C=O) groups is 1. The molecule has 110 valence electrons. The van der Waals surface area contributed by atoms with E-state index in [9.17, 15) is 4.79 Å². The van der Waals surface area contributed by atoms with Crippen LogP contribution in [0.1, 0.15) is 16.7 Å². The van der Waals surface area contributed by atoms with Crippen molar-refractivity contribution >= 4 is 23.4 Å². The zero-order chi connectivity index (χ0) is 15.1. The smallest absolute Gasteiger partial charge is 0.234 e. The first-order chi connectivity index (χ1) is 10.2. The van der Waals surface area contributed by atoms with Gasteiger partial charge < -0.3 is 10.4 Å². The van der Waals surface area contributed by atoms with Crippen molar-refractivity contribution in [3.63, 3.8) is 0 Å². The van der Waals surface area contributed by atoms with Gasteiger partial charge in [0.2, 0.25) is 5.91 Å². The average Bonchev–Trinajstić information content (AvgIpc) is 2.50. The minimum atomic E-state index is -0.0397. The van der Waals surface area contributed by atoms with Crippen molar-refractivity contribution in [2.24, 2.45) is 0 Å². The van der Waals surface area contributed by atoms with E-state index in [1.165, 1.54) is 0 Å². The first-order valence-electron chi connectivity index (χ1n) is 6.66. The number of aromatic nitrogens is 1. The first kappa shape index (κ1) is 15.5. The molecule has 4 nitrogen and oxygen atoms in total. The van der Waals surface area contributed by atoms with E-state index in [-0.39, 0.29) is 12.5 Å². The lowest BCUT2D eigenvalue weighted by atomic mass is 10.1. The van der Waals surface area contributed by atoms with E-state index < -0.39 is 0 Å². The molecule has 0 fully saturated rings. The van der Waals surface area contributed by atoms with Gasteiger partial charge in [0.15, 0.2) is 0 Å². The molecule has 0 bridgehead atoms. The van der Waals surface area contributed by atoms with Gasteiger partial charge in [-0.1, -0.05) is 18.2 Å². The molecule has 2 N–H and O–H groups in total. The van der Waals surface area contributed by atoms with Crippen LogP contribution >= 0.6 is 11.8 Å². The molecule has 0 unspecified atom stereocenters. The van der Waals surface area contributed by atoms with Crippen molar-refractivity contribution < 1.29 is 9.90 Å². The monoisotopic (exact) mass is 302 g/mol. The highest BCUT2D eigenvalue weighted by Gasteiger charge is 2.06. The molecule has 0 radical (unpaired) electrons. The van der Waals surface area contributed by atoms with Crippen LogP contribution in [-0.4, -0.2) is 21.8 Å². The minimum Gasteiger partial charge on any atom is -0.392 e. The first-order valence-corrected chi connectivity index (χ1v) is 7.81. The molecule has 0 aliphatic carbocycles. The normalized spacial score (nSPS) is 10.4. The van der Waals surface area contributed by atoms with Crippen LogP contribution in [0, 0.1) is 6.92 Å². The molecule has 1 amide bonds. The number of anilines is 1. The third-order valence-corrected chi connectivity index (χ3v) is 3.99. The zero-order valence-corrected chi connectivity index (χ0v) is 12.7. The van der Waals surface area contributed by atoms with Gasteiger partial charge in [0.05, 0.1) is 12.4 Å². The van der Waals surface area contributed by atoms with Crippen molar-refractivity contribution in [1.29, 1.82) is 0 Å². The number of aryl methyl sites for hydroxylation is 1. The number of benzene rings is 1. The number of pyridine rings is 1. The van der Waals surface area contributed by atoms with Crippen LogP contribution in [0.4, 0.5) is 5.69 Å². The van der Waals surface area contributed by atoms with Gasteiger partial charge in [-0.05, 0) is 35.7 Å². The summed E-state index contributed by atoms with van der Waals surface area (Å²) in [5.41, 5.74) is 3.64. The van der Waals surface area contributed by atoms with Crippen molar-refractivity contribution in [3.05, 3.63) is 59.4 Å². The summed E-state index contributed by atoms with van der Waals surface area (Å²) in [7, 11) is 0. The van der Waals surface area contributed by atoms with Crippen LogP contribution < -0.4 is 5.32 Å². The number of hydrogen-bond donors (Lipinski definition) is 2. The fraction of sp³-hybridized carbons (Fsp3) is 0.250. The van der Waals surface area contributed by atoms with E-state index in [0.29, 0.717) is 5.75 Å². The molecule has 1 heterocycles. The molecule has 2 rings (SSSR count). The second kappa shape index (κ2) is 7.81. The number of thioether (sulfide) groups is 1. The van der Waals surface area contributed by atoms with Crippen molar-refractivity contribution in [1.82, 2.24) is 4.98 Å². The molecule has 1 aromatic heterocycles. The Labute approximate surface area is 128 Å². The zero-order valence-electron chi connectivity index (χ0n) is 11.9. The fourth-order valence-electron chi connectivity index (χ4n) is 1.83. The molecule has 0 aliphatic heterocycles. The Morgan fingerprint density at radius 3 is 2.90 bits per heavy atom. The number of hydrogen-bond acceptors (Lipinski definition) is 4. The van der Waals surface area contributed by atoms with Gasteiger partial charge in [-0.15, -0.1) is 11.8 Å². The highest BCUT2D eigenvalue weighted by atomic mass is 32.2. The second-order valence-electron chi connectivity index (χ2n) is 4.71. The summed E-state index contributed by atoms with van der Waals surface area (Å²) in [6.07, 6.45) is 3.54. The summed E-state index contributed by atoms with van der Waals surface area (Å²) in [5.74, 6) is 1.11. The maximum Gasteiger partial charge on any atom is 0.234 e. The Hall–Kier alpha value is -1.85. The third kappa shape index (κ3) is 4.88. The Morgan fingerprint density at radius 2 is 2.19 bits per heavy atom. The predicted molar refractivity (Wildman–Crippen MR) is 86.1 cm³/mol. The van der Waals surface area contributed by atoms with E-state index >= 15 is 0 Å². The number of carbonyl (C=O) groups excluding carboxylic acids is 1. The molecule has 1 aromatic carbocycles. The summed E-state index contributed by atoms with van der Waals surface area (Å²) in [6, 6.07) is 9.43. The number of nitrogens with zero attached hydrogens (tertiary/aromatic N) is 1. The Balaban J connectivity index is 1.84. The minimum absolute atomic E-state index is 0.0289. The summed E-state index contributed by atoms with van der Waals surface area (Å²) in [5, 5.41) is 12.0. The van der Waals surface area contributed by atoms with Crippen LogP contribution in [0.5, 0.6) is 0 Å². The van der Waals surface area contributed by atoms with Crippen LogP contribution in [0.2, 0.25) is 0 Å². The molecule has 0 atom stereocenters. The number of amides is 1. The largest absolute Gasteiger partial charge is 0.392 e. The number of rotatable bonds is 6. The van der Waals surface area contributed by atoms with Gasteiger partial charge in [-0.3, -0.25) is 9.78 Å². The Morgan fingerprint density at radius 1 is 1.33 bits per heavy atom. The summed E-state index contributed by atoms with van der Waals surface area (Å²) in [6.45, 7) is 1.90. The van der Waals surface area contributed by atoms with E-state index in [4.69, 9.17) is 5.11 Å². The lowest BCUT2D eigenvalue weighted by Crippen LogP contribution is -2.15. The van der Waals surface area contributed by atoms with Crippen LogP contribution in [0.3, 0.4) is 0 Å². The molecule has 21 heavy (non-hydrogen) atoms. The van der Waals surface area contributed by atoms with Gasteiger partial charge in [-0.25, -0.2) is 0 Å². The molecular weight excluding hydrogens is 284 g/mol. The second-order valence-corrected chi connectivity index (χ2v) is 5.70. The lowest BCUT2D eigenvalue weighted by molar-refractivity contribution is -0.113. The molecule has 0 saturated heterocycles. The maximum atomic E-state index is 11.9. The molecule has 0 aliphatic rings. The van der Waals surface area contributed by atoms with Gasteiger partial charge in [0.25, 0.3) is 0 Å². The SMILES string of the molecule is Cc1ccc(CO)cc1NC(=O)CSCc1cccnc1. The number of nitrogens with one attached hydrogen (secondary N) is 1. The van der Waals surface area contributed by atoms with Gasteiger partial charge in [0.1, 0.15) is 0 Å². The summed E-state index contributed by atoms with van der Waals surface area (Å²) in [4.78, 5) is 16.0. The topological polar surface area (TPSA) is 62.2 Å². The summed E-state index contributed by atoms with van der Waals surface area (Å²) >= 11 is 1.55. The summed E-state index contributed by atoms with van der Waals surface area (Å²) < 4.78 is 0. The lowest BCUT2D eigenvalue weighted by Gasteiger charge is -2.09. The fourth-order valence-corrected chi connectivity index (χ4v) is 2.60. The predicted octanol–water partition coefficient (Wildman–Crippen LogP) is 2.75. The highest BCUT2D eigenvalue weighted by molar-refractivity contribution is 7.99. The van der Waals surface area contributed by atoms with Crippen LogP contribution in [0.25, 0.3) is 0 Å². The van der Waals surface area contributed by atoms with Crippen molar-refractivity contribution in [3.8, 4) is 0 Å². The van der Waals surface area contributed by atoms with Gasteiger partial charge >= 0.3 is 0 Å². The van der Waals surface area contributed by atoms with E-state index in [1.807, 2.05) is 31.2 Å². The van der Waals surface area contributed by atoms with Gasteiger partial charge in [-0.2, -0.15) is 0 Å². The molecule has 2 aromatic rings. The molecular formula is C16H18N2O2S. The highest BCUT2D eigenvalue weighted by Crippen LogP contribution is 2.18. The van der Waals surface area contributed by atoms with Gasteiger partial charge in [0, 0.05) is 23.8 Å². The third-order valence-electron chi connectivity index (χ3n) is 2.98. The number of aliphatic hydroxyl groups is 1. The molecule has 5 heteroatoms. The van der Waals surface area contributed by atoms with Crippen LogP contribution in [0.15, 0.2) is 42.7 Å². The van der Waals surface area contributed by atoms with E-state index in [2.05, 4.69) is 10.3 Å². The number of aliphatic hydroxyl groups excluding tert-OH is 1. The molecule has 0 spiro atoms.